The second-order valence-corrected chi connectivity index (χ2v) is 11.2. The van der Waals surface area contributed by atoms with Crippen LogP contribution in [0.1, 0.15) is 41.1 Å². The van der Waals surface area contributed by atoms with Gasteiger partial charge in [-0.15, -0.1) is 0 Å². The Balaban J connectivity index is 1.04. The van der Waals surface area contributed by atoms with Crippen LogP contribution in [-0.4, -0.2) is 10.4 Å². The number of rotatable bonds is 5. The summed E-state index contributed by atoms with van der Waals surface area (Å²) < 4.78 is 2.34. The van der Waals surface area contributed by atoms with Crippen molar-refractivity contribution in [1.29, 1.82) is 0 Å². The molecule has 43 heavy (non-hydrogen) atoms. The largest absolute Gasteiger partial charge is 0.359 e. The van der Waals surface area contributed by atoms with Gasteiger partial charge in [0, 0.05) is 28.2 Å². The number of nitrogens with zero attached hydrogens (tertiary/aromatic N) is 2. The molecule has 1 aliphatic heterocycles. The highest BCUT2D eigenvalue weighted by Crippen LogP contribution is 2.34. The zero-order chi connectivity index (χ0) is 28.6. The number of nitrogens with one attached hydrogen (secondary N) is 1. The van der Waals surface area contributed by atoms with E-state index in [1.165, 1.54) is 49.6 Å². The first-order valence-electron chi connectivity index (χ1n) is 15.0. The minimum Gasteiger partial charge on any atom is -0.359 e. The first-order chi connectivity index (χ1) is 21.3. The molecule has 0 saturated heterocycles. The van der Waals surface area contributed by atoms with E-state index in [0.717, 1.165) is 29.9 Å². The smallest absolute Gasteiger partial charge is 0.133 e. The summed E-state index contributed by atoms with van der Waals surface area (Å²) in [6.07, 6.45) is 10.7. The fourth-order valence-electron chi connectivity index (χ4n) is 6.46. The van der Waals surface area contributed by atoms with Crippen LogP contribution in [0.5, 0.6) is 0 Å². The number of hydrogen-bond acceptors (Lipinski definition) is 2. The van der Waals surface area contributed by atoms with Gasteiger partial charge in [-0.1, -0.05) is 97.1 Å². The summed E-state index contributed by atoms with van der Waals surface area (Å²) in [5, 5.41) is 6.22. The zero-order valence-electron chi connectivity index (χ0n) is 23.8. The number of hydrogen-bond donors (Lipinski definition) is 1. The quantitative estimate of drug-likeness (QED) is 0.226. The number of amidine groups is 1. The van der Waals surface area contributed by atoms with E-state index in [4.69, 9.17) is 4.99 Å². The molecule has 0 bridgehead atoms. The maximum atomic E-state index is 4.72. The summed E-state index contributed by atoms with van der Waals surface area (Å²) in [7, 11) is 0. The normalized spacial score (nSPS) is 16.5. The fourth-order valence-corrected chi connectivity index (χ4v) is 6.46. The Labute approximate surface area is 251 Å². The van der Waals surface area contributed by atoms with Crippen molar-refractivity contribution in [1.82, 2.24) is 9.88 Å². The van der Waals surface area contributed by atoms with Crippen LogP contribution in [0.15, 0.2) is 157 Å². The van der Waals surface area contributed by atoms with Gasteiger partial charge in [0.2, 0.25) is 0 Å². The second-order valence-electron chi connectivity index (χ2n) is 11.2. The van der Waals surface area contributed by atoms with Crippen molar-refractivity contribution in [3.8, 4) is 5.69 Å². The van der Waals surface area contributed by atoms with Crippen molar-refractivity contribution >= 4 is 38.8 Å². The highest BCUT2D eigenvalue weighted by molar-refractivity contribution is 6.09. The molecule has 1 N–H and O–H groups in total. The van der Waals surface area contributed by atoms with E-state index in [0.29, 0.717) is 0 Å². The second kappa shape index (κ2) is 10.8. The highest BCUT2D eigenvalue weighted by Gasteiger charge is 2.18. The summed E-state index contributed by atoms with van der Waals surface area (Å²) in [4.78, 5) is 4.72. The number of aliphatic imine (C=N–C) groups is 1. The fraction of sp³-hybridized carbons (Fsp3) is 0.0750. The molecule has 1 aromatic heterocycles. The van der Waals surface area contributed by atoms with Gasteiger partial charge in [0.05, 0.1) is 17.1 Å². The molecule has 2 heterocycles. The molecule has 8 rings (SSSR count). The molecule has 1 aliphatic carbocycles. The van der Waals surface area contributed by atoms with E-state index < -0.39 is 0 Å². The van der Waals surface area contributed by atoms with Gasteiger partial charge < -0.3 is 9.88 Å². The van der Waals surface area contributed by atoms with Crippen molar-refractivity contribution in [2.45, 2.75) is 18.9 Å². The van der Waals surface area contributed by atoms with E-state index in [1.54, 1.807) is 0 Å². The molecule has 3 nitrogen and oxygen atoms in total. The lowest BCUT2D eigenvalue weighted by atomic mass is 9.89. The highest BCUT2D eigenvalue weighted by atomic mass is 15.0. The van der Waals surface area contributed by atoms with Crippen molar-refractivity contribution in [3.05, 3.63) is 174 Å². The minimum atomic E-state index is 0.0593. The third-order valence-electron chi connectivity index (χ3n) is 8.66. The Morgan fingerprint density at radius 3 is 1.91 bits per heavy atom. The lowest BCUT2D eigenvalue weighted by Gasteiger charge is -2.23. The Hall–Kier alpha value is -5.41. The molecule has 5 aromatic carbocycles. The monoisotopic (exact) mass is 553 g/mol. The lowest BCUT2D eigenvalue weighted by molar-refractivity contribution is 0.776. The number of benzene rings is 5. The molecular formula is C40H31N3. The van der Waals surface area contributed by atoms with Crippen molar-refractivity contribution in [2.75, 3.05) is 0 Å². The van der Waals surface area contributed by atoms with Crippen molar-refractivity contribution < 1.29 is 0 Å². The van der Waals surface area contributed by atoms with Crippen LogP contribution in [0, 0.1) is 0 Å². The summed E-state index contributed by atoms with van der Waals surface area (Å²) in [6.45, 7) is 0. The van der Waals surface area contributed by atoms with Gasteiger partial charge in [-0.05, 0) is 89.2 Å². The molecule has 0 saturated carbocycles. The topological polar surface area (TPSA) is 29.3 Å². The molecule has 0 amide bonds. The number of fused-ring (bicyclic) bond motifs is 3. The van der Waals surface area contributed by atoms with Crippen LogP contribution in [0.2, 0.25) is 0 Å². The number of aromatic nitrogens is 1. The Kier molecular flexibility index (Phi) is 6.34. The zero-order valence-corrected chi connectivity index (χ0v) is 23.8. The van der Waals surface area contributed by atoms with Gasteiger partial charge in [0.15, 0.2) is 0 Å². The SMILES string of the molecule is C1=CC(c2cccc(C3=CC=C(c4ccccc4)CC3)c2)NC(c2ccc(-n3c4ccccc4c4ccccc43)cc2)=N1. The molecule has 0 radical (unpaired) electrons. The lowest BCUT2D eigenvalue weighted by Crippen LogP contribution is -2.30. The predicted octanol–water partition coefficient (Wildman–Crippen LogP) is 9.65. The van der Waals surface area contributed by atoms with Crippen LogP contribution < -0.4 is 5.32 Å². The van der Waals surface area contributed by atoms with Gasteiger partial charge >= 0.3 is 0 Å². The average molecular weight is 554 g/mol. The maximum Gasteiger partial charge on any atom is 0.133 e. The van der Waals surface area contributed by atoms with Crippen LogP contribution in [0.4, 0.5) is 0 Å². The maximum absolute atomic E-state index is 4.72. The van der Waals surface area contributed by atoms with Gasteiger partial charge in [-0.25, -0.2) is 4.99 Å². The van der Waals surface area contributed by atoms with E-state index in [-0.39, 0.29) is 6.04 Å². The van der Waals surface area contributed by atoms with Crippen molar-refractivity contribution in [2.24, 2.45) is 4.99 Å². The average Bonchev–Trinajstić information content (AvgIpc) is 3.43. The molecule has 6 aromatic rings. The molecule has 1 unspecified atom stereocenters. The molecule has 3 heteroatoms. The van der Waals surface area contributed by atoms with Crippen LogP contribution in [0.25, 0.3) is 38.6 Å². The first-order valence-corrected chi connectivity index (χ1v) is 15.0. The summed E-state index contributed by atoms with van der Waals surface area (Å²) in [5.41, 5.74) is 11.3. The van der Waals surface area contributed by atoms with Gasteiger partial charge in [-0.2, -0.15) is 0 Å². The number of allylic oxidation sites excluding steroid dienone is 4. The van der Waals surface area contributed by atoms with Gasteiger partial charge in [0.25, 0.3) is 0 Å². The standard InChI is InChI=1S/C40H31N3/c1-2-9-28(10-3-1)29-17-19-30(20-18-29)32-11-8-12-33(27-32)37-25-26-41-40(42-37)31-21-23-34(24-22-31)43-38-15-6-4-13-35(38)36-14-5-7-16-39(36)43/h1-17,19,21-27,37H,18,20H2,(H,41,42). The van der Waals surface area contributed by atoms with E-state index in [9.17, 15) is 0 Å². The van der Waals surface area contributed by atoms with Crippen molar-refractivity contribution in [3.63, 3.8) is 0 Å². The molecule has 206 valence electrons. The van der Waals surface area contributed by atoms with Gasteiger partial charge in [-0.3, -0.25) is 0 Å². The van der Waals surface area contributed by atoms with E-state index >= 15 is 0 Å². The molecule has 1 atom stereocenters. The van der Waals surface area contributed by atoms with Crippen LogP contribution >= 0.6 is 0 Å². The summed E-state index contributed by atoms with van der Waals surface area (Å²) >= 11 is 0. The predicted molar refractivity (Wildman–Crippen MR) is 180 cm³/mol. The van der Waals surface area contributed by atoms with Crippen LogP contribution in [-0.2, 0) is 0 Å². The summed E-state index contributed by atoms with van der Waals surface area (Å²) in [6, 6.07) is 45.6. The van der Waals surface area contributed by atoms with Gasteiger partial charge in [0.1, 0.15) is 5.84 Å². The molecule has 0 spiro atoms. The Morgan fingerprint density at radius 2 is 1.21 bits per heavy atom. The van der Waals surface area contributed by atoms with E-state index in [1.807, 2.05) is 6.20 Å². The Morgan fingerprint density at radius 1 is 0.581 bits per heavy atom. The third-order valence-corrected chi connectivity index (χ3v) is 8.66. The molecule has 0 fully saturated rings. The first kappa shape index (κ1) is 25.3. The molecule has 2 aliphatic rings. The Bertz CT molecular complexity index is 2040. The van der Waals surface area contributed by atoms with E-state index in [2.05, 4.69) is 156 Å². The molecular weight excluding hydrogens is 522 g/mol. The third kappa shape index (κ3) is 4.69. The summed E-state index contributed by atoms with van der Waals surface area (Å²) in [5.74, 6) is 0.888. The number of para-hydroxylation sites is 2. The van der Waals surface area contributed by atoms with Crippen LogP contribution in [0.3, 0.4) is 0 Å². The minimum absolute atomic E-state index is 0.0593.